The van der Waals surface area contributed by atoms with Crippen molar-refractivity contribution in [2.24, 2.45) is 0 Å². The number of hydrogen-bond donors (Lipinski definition) is 0. The van der Waals surface area contributed by atoms with Crippen molar-refractivity contribution >= 4 is 29.0 Å². The number of fused-ring (bicyclic) bond motifs is 2. The average Bonchev–Trinajstić information content (AvgIpc) is 3.12. The lowest BCUT2D eigenvalue weighted by molar-refractivity contribution is -0.116. The Morgan fingerprint density at radius 3 is 2.96 bits per heavy atom. The molecule has 116 valence electrons. The summed E-state index contributed by atoms with van der Waals surface area (Å²) < 4.78 is 1.90. The zero-order chi connectivity index (χ0) is 15.8. The van der Waals surface area contributed by atoms with E-state index in [-0.39, 0.29) is 11.9 Å². The van der Waals surface area contributed by atoms with Gasteiger partial charge >= 0.3 is 0 Å². The van der Waals surface area contributed by atoms with Crippen LogP contribution in [0.15, 0.2) is 53.8 Å². The van der Waals surface area contributed by atoms with Crippen LogP contribution in [0.1, 0.15) is 12.5 Å². The van der Waals surface area contributed by atoms with Gasteiger partial charge in [0.25, 0.3) is 0 Å². The SMILES string of the molecule is CC1Cc2ccccc2N1C(=O)CSc1nnc2ccccn12. The van der Waals surface area contributed by atoms with E-state index in [1.807, 2.05) is 51.9 Å². The minimum absolute atomic E-state index is 0.111. The lowest BCUT2D eigenvalue weighted by atomic mass is 10.1. The van der Waals surface area contributed by atoms with E-state index in [2.05, 4.69) is 23.2 Å². The number of pyridine rings is 1. The zero-order valence-electron chi connectivity index (χ0n) is 12.7. The van der Waals surface area contributed by atoms with Crippen molar-refractivity contribution in [2.45, 2.75) is 24.5 Å². The lowest BCUT2D eigenvalue weighted by Crippen LogP contribution is -2.37. The molecule has 0 saturated carbocycles. The summed E-state index contributed by atoms with van der Waals surface area (Å²) in [5, 5.41) is 9.02. The molecule has 0 fully saturated rings. The van der Waals surface area contributed by atoms with Gasteiger partial charge in [-0.2, -0.15) is 0 Å². The molecular weight excluding hydrogens is 308 g/mol. The summed E-state index contributed by atoms with van der Waals surface area (Å²) in [5.41, 5.74) is 3.07. The Morgan fingerprint density at radius 2 is 2.04 bits per heavy atom. The van der Waals surface area contributed by atoms with Gasteiger partial charge in [0.15, 0.2) is 10.8 Å². The van der Waals surface area contributed by atoms with Crippen LogP contribution in [0, 0.1) is 0 Å². The molecule has 1 atom stereocenters. The maximum atomic E-state index is 12.7. The van der Waals surface area contributed by atoms with Crippen LogP contribution in [0.3, 0.4) is 0 Å². The molecule has 2 aromatic heterocycles. The molecule has 0 bridgehead atoms. The van der Waals surface area contributed by atoms with E-state index in [1.165, 1.54) is 17.3 Å². The number of hydrogen-bond acceptors (Lipinski definition) is 4. The fraction of sp³-hybridized carbons (Fsp3) is 0.235. The summed E-state index contributed by atoms with van der Waals surface area (Å²) in [6, 6.07) is 14.1. The van der Waals surface area contributed by atoms with Crippen LogP contribution in [0.2, 0.25) is 0 Å². The van der Waals surface area contributed by atoms with Gasteiger partial charge in [-0.05, 0) is 37.1 Å². The number of nitrogens with zero attached hydrogens (tertiary/aromatic N) is 4. The van der Waals surface area contributed by atoms with Crippen LogP contribution in [0.25, 0.3) is 5.65 Å². The highest BCUT2D eigenvalue weighted by Gasteiger charge is 2.30. The predicted octanol–water partition coefficient (Wildman–Crippen LogP) is 2.80. The van der Waals surface area contributed by atoms with Crippen LogP contribution in [0.5, 0.6) is 0 Å². The Kier molecular flexibility index (Phi) is 3.53. The average molecular weight is 324 g/mol. The van der Waals surface area contributed by atoms with Gasteiger partial charge < -0.3 is 4.90 Å². The molecule has 1 aliphatic rings. The Balaban J connectivity index is 1.52. The van der Waals surface area contributed by atoms with Gasteiger partial charge in [0.1, 0.15) is 0 Å². The number of carbonyl (C=O) groups is 1. The third-order valence-electron chi connectivity index (χ3n) is 4.08. The van der Waals surface area contributed by atoms with Gasteiger partial charge in [0.2, 0.25) is 5.91 Å². The van der Waals surface area contributed by atoms with Crippen LogP contribution >= 0.6 is 11.8 Å². The molecule has 0 aliphatic carbocycles. The Morgan fingerprint density at radius 1 is 1.22 bits per heavy atom. The van der Waals surface area contributed by atoms with Crippen molar-refractivity contribution in [3.05, 3.63) is 54.2 Å². The normalized spacial score (nSPS) is 16.7. The van der Waals surface area contributed by atoms with E-state index >= 15 is 0 Å². The van der Waals surface area contributed by atoms with Gasteiger partial charge in [-0.15, -0.1) is 10.2 Å². The quantitative estimate of drug-likeness (QED) is 0.695. The van der Waals surface area contributed by atoms with Crippen LogP contribution in [-0.4, -0.2) is 32.3 Å². The molecule has 4 rings (SSSR count). The van der Waals surface area contributed by atoms with Crippen LogP contribution in [0.4, 0.5) is 5.69 Å². The molecule has 3 aromatic rings. The summed E-state index contributed by atoms with van der Waals surface area (Å²) in [7, 11) is 0. The number of anilines is 1. The van der Waals surface area contributed by atoms with Crippen molar-refractivity contribution in [1.29, 1.82) is 0 Å². The second-order valence-corrected chi connectivity index (χ2v) is 6.59. The molecule has 1 aromatic carbocycles. The summed E-state index contributed by atoms with van der Waals surface area (Å²) in [4.78, 5) is 14.6. The highest BCUT2D eigenvalue weighted by Crippen LogP contribution is 2.32. The summed E-state index contributed by atoms with van der Waals surface area (Å²) in [6.45, 7) is 2.09. The van der Waals surface area contributed by atoms with E-state index in [0.717, 1.165) is 22.9 Å². The third-order valence-corrected chi connectivity index (χ3v) is 5.01. The third kappa shape index (κ3) is 2.49. The minimum Gasteiger partial charge on any atom is -0.308 e. The molecule has 1 amide bonds. The number of carbonyl (C=O) groups excluding carboxylic acids is 1. The highest BCUT2D eigenvalue weighted by atomic mass is 32.2. The van der Waals surface area contributed by atoms with E-state index in [1.54, 1.807) is 0 Å². The summed E-state index contributed by atoms with van der Waals surface area (Å²) in [5.74, 6) is 0.467. The van der Waals surface area contributed by atoms with Crippen LogP contribution < -0.4 is 4.90 Å². The van der Waals surface area contributed by atoms with Gasteiger partial charge in [-0.3, -0.25) is 9.20 Å². The summed E-state index contributed by atoms with van der Waals surface area (Å²) >= 11 is 1.43. The van der Waals surface area contributed by atoms with Crippen molar-refractivity contribution in [1.82, 2.24) is 14.6 Å². The molecule has 0 spiro atoms. The number of amides is 1. The fourth-order valence-corrected chi connectivity index (χ4v) is 3.84. The molecule has 1 aliphatic heterocycles. The van der Waals surface area contributed by atoms with Crippen molar-refractivity contribution in [3.63, 3.8) is 0 Å². The first-order chi connectivity index (χ1) is 11.2. The first kappa shape index (κ1) is 14.3. The molecule has 23 heavy (non-hydrogen) atoms. The topological polar surface area (TPSA) is 50.5 Å². The first-order valence-corrected chi connectivity index (χ1v) is 8.55. The number of rotatable bonds is 3. The minimum atomic E-state index is 0.111. The van der Waals surface area contributed by atoms with Gasteiger partial charge in [-0.1, -0.05) is 36.0 Å². The maximum Gasteiger partial charge on any atom is 0.237 e. The Bertz CT molecular complexity index is 876. The van der Waals surface area contributed by atoms with Gasteiger partial charge in [-0.25, -0.2) is 0 Å². The molecule has 5 nitrogen and oxygen atoms in total. The fourth-order valence-electron chi connectivity index (χ4n) is 3.06. The van der Waals surface area contributed by atoms with Crippen molar-refractivity contribution < 1.29 is 4.79 Å². The van der Waals surface area contributed by atoms with Gasteiger partial charge in [0, 0.05) is 17.9 Å². The largest absolute Gasteiger partial charge is 0.308 e. The van der Waals surface area contributed by atoms with E-state index in [4.69, 9.17) is 0 Å². The van der Waals surface area contributed by atoms with E-state index < -0.39 is 0 Å². The molecule has 0 radical (unpaired) electrons. The molecule has 1 unspecified atom stereocenters. The monoisotopic (exact) mass is 324 g/mol. The van der Waals surface area contributed by atoms with Crippen molar-refractivity contribution in [2.75, 3.05) is 10.7 Å². The van der Waals surface area contributed by atoms with Crippen LogP contribution in [-0.2, 0) is 11.2 Å². The maximum absolute atomic E-state index is 12.7. The summed E-state index contributed by atoms with van der Waals surface area (Å²) in [6.07, 6.45) is 2.83. The van der Waals surface area contributed by atoms with E-state index in [0.29, 0.717) is 5.75 Å². The van der Waals surface area contributed by atoms with Crippen molar-refractivity contribution in [3.8, 4) is 0 Å². The smallest absolute Gasteiger partial charge is 0.237 e. The second-order valence-electron chi connectivity index (χ2n) is 5.65. The van der Waals surface area contributed by atoms with E-state index in [9.17, 15) is 4.79 Å². The number of benzene rings is 1. The molecular formula is C17H16N4OS. The Labute approximate surface area is 138 Å². The lowest BCUT2D eigenvalue weighted by Gasteiger charge is -2.22. The highest BCUT2D eigenvalue weighted by molar-refractivity contribution is 7.99. The zero-order valence-corrected chi connectivity index (χ0v) is 13.5. The molecule has 0 N–H and O–H groups in total. The second kappa shape index (κ2) is 5.70. The number of para-hydroxylation sites is 1. The van der Waals surface area contributed by atoms with Gasteiger partial charge in [0.05, 0.1) is 5.75 Å². The first-order valence-electron chi connectivity index (χ1n) is 7.56. The number of thioether (sulfide) groups is 1. The number of aromatic nitrogens is 3. The molecule has 3 heterocycles. The predicted molar refractivity (Wildman–Crippen MR) is 90.8 cm³/mol. The molecule has 6 heteroatoms. The standard InChI is InChI=1S/C17H16N4OS/c1-12-10-13-6-2-3-7-14(13)21(12)16(22)11-23-17-19-18-15-8-4-5-9-20(15)17/h2-9,12H,10-11H2,1H3. The molecule has 0 saturated heterocycles. The Hall–Kier alpha value is -2.34.